The molecule has 1 aromatic rings. The lowest BCUT2D eigenvalue weighted by Gasteiger charge is -2.15. The van der Waals surface area contributed by atoms with E-state index < -0.39 is 0 Å². The van der Waals surface area contributed by atoms with Crippen molar-refractivity contribution in [1.29, 1.82) is 0 Å². The number of rotatable bonds is 6. The van der Waals surface area contributed by atoms with E-state index in [1.165, 1.54) is 4.68 Å². The largest absolute Gasteiger partial charge is 0.385 e. The Bertz CT molecular complexity index is 525. The normalized spacial score (nSPS) is 13.8. The van der Waals surface area contributed by atoms with Crippen molar-refractivity contribution in [1.82, 2.24) is 15.1 Å². The summed E-state index contributed by atoms with van der Waals surface area (Å²) in [6.07, 6.45) is 4.78. The van der Waals surface area contributed by atoms with Crippen molar-refractivity contribution < 1.29 is 9.53 Å². The molecule has 0 atom stereocenters. The number of nitrogens with zero attached hydrogens (tertiary/aromatic N) is 2. The van der Waals surface area contributed by atoms with E-state index in [9.17, 15) is 9.59 Å². The number of amides is 1. The van der Waals surface area contributed by atoms with Crippen molar-refractivity contribution in [3.05, 3.63) is 27.7 Å². The highest BCUT2D eigenvalue weighted by molar-refractivity contribution is 5.75. The minimum atomic E-state index is -0.197. The number of nitrogens with one attached hydrogen (secondary N) is 1. The minimum absolute atomic E-state index is 0.0148. The van der Waals surface area contributed by atoms with Crippen molar-refractivity contribution in [2.45, 2.75) is 38.6 Å². The molecule has 2 rings (SSSR count). The molecule has 1 amide bonds. The molecule has 0 fully saturated rings. The second-order valence-corrected chi connectivity index (χ2v) is 5.02. The molecule has 1 aliphatic carbocycles. The third kappa shape index (κ3) is 3.90. The van der Waals surface area contributed by atoms with E-state index in [-0.39, 0.29) is 18.0 Å². The van der Waals surface area contributed by atoms with Crippen LogP contribution in [0.1, 0.15) is 30.5 Å². The lowest BCUT2D eigenvalue weighted by Crippen LogP contribution is -2.35. The number of hydrogen-bond donors (Lipinski definition) is 1. The zero-order valence-corrected chi connectivity index (χ0v) is 11.9. The second kappa shape index (κ2) is 7.19. The monoisotopic (exact) mass is 279 g/mol. The molecule has 0 saturated heterocycles. The standard InChI is InChI=1S/C14H21N3O3/c1-20-8-4-7-15-13(18)10-17-14(19)9-11-5-2-3-6-12(11)16-17/h9H,2-8,10H2,1H3,(H,15,18). The molecule has 1 N–H and O–H groups in total. The quantitative estimate of drug-likeness (QED) is 0.759. The topological polar surface area (TPSA) is 73.2 Å². The van der Waals surface area contributed by atoms with Crippen molar-refractivity contribution in [2.24, 2.45) is 0 Å². The Morgan fingerprint density at radius 3 is 3.05 bits per heavy atom. The number of fused-ring (bicyclic) bond motifs is 1. The second-order valence-electron chi connectivity index (χ2n) is 5.02. The molecule has 0 aliphatic heterocycles. The van der Waals surface area contributed by atoms with Crippen molar-refractivity contribution >= 4 is 5.91 Å². The Balaban J connectivity index is 1.95. The first-order valence-corrected chi connectivity index (χ1v) is 7.06. The van der Waals surface area contributed by atoms with Crippen LogP contribution in [0, 0.1) is 0 Å². The van der Waals surface area contributed by atoms with Gasteiger partial charge in [-0.3, -0.25) is 9.59 Å². The predicted octanol–water partition coefficient (Wildman–Crippen LogP) is 0.275. The van der Waals surface area contributed by atoms with Crippen LogP contribution in [0.5, 0.6) is 0 Å². The minimum Gasteiger partial charge on any atom is -0.385 e. The van der Waals surface area contributed by atoms with E-state index >= 15 is 0 Å². The molecule has 0 aromatic carbocycles. The Hall–Kier alpha value is -1.69. The molecular formula is C14H21N3O3. The highest BCUT2D eigenvalue weighted by Crippen LogP contribution is 2.16. The maximum Gasteiger partial charge on any atom is 0.267 e. The zero-order chi connectivity index (χ0) is 14.4. The molecular weight excluding hydrogens is 258 g/mol. The molecule has 0 bridgehead atoms. The van der Waals surface area contributed by atoms with Crippen molar-refractivity contribution in [3.63, 3.8) is 0 Å². The van der Waals surface area contributed by atoms with Gasteiger partial charge in [-0.2, -0.15) is 5.10 Å². The van der Waals surface area contributed by atoms with Crippen molar-refractivity contribution in [3.8, 4) is 0 Å². The molecule has 0 unspecified atom stereocenters. The fourth-order valence-electron chi connectivity index (χ4n) is 2.35. The molecule has 0 radical (unpaired) electrons. The van der Waals surface area contributed by atoms with Crippen LogP contribution in [0.3, 0.4) is 0 Å². The number of ether oxygens (including phenoxy) is 1. The van der Waals surface area contributed by atoms with Gasteiger partial charge in [-0.1, -0.05) is 0 Å². The number of carbonyl (C=O) groups excluding carboxylic acids is 1. The average molecular weight is 279 g/mol. The predicted molar refractivity (Wildman–Crippen MR) is 74.6 cm³/mol. The first-order chi connectivity index (χ1) is 9.70. The van der Waals surface area contributed by atoms with Gasteiger partial charge in [0.15, 0.2) is 0 Å². The summed E-state index contributed by atoms with van der Waals surface area (Å²) in [7, 11) is 1.62. The van der Waals surface area contributed by atoms with E-state index in [1.54, 1.807) is 13.2 Å². The fourth-order valence-corrected chi connectivity index (χ4v) is 2.35. The van der Waals surface area contributed by atoms with Crippen LogP contribution in [0.4, 0.5) is 0 Å². The van der Waals surface area contributed by atoms with E-state index in [4.69, 9.17) is 4.74 Å². The van der Waals surface area contributed by atoms with Crippen LogP contribution in [0.2, 0.25) is 0 Å². The number of methoxy groups -OCH3 is 1. The summed E-state index contributed by atoms with van der Waals surface area (Å²) in [5, 5.41) is 7.07. The van der Waals surface area contributed by atoms with Gasteiger partial charge in [0.2, 0.25) is 5.91 Å². The number of hydrogen-bond acceptors (Lipinski definition) is 4. The number of carbonyl (C=O) groups is 1. The molecule has 110 valence electrons. The van der Waals surface area contributed by atoms with Crippen LogP contribution < -0.4 is 10.9 Å². The van der Waals surface area contributed by atoms with Gasteiger partial charge in [-0.05, 0) is 37.7 Å². The highest BCUT2D eigenvalue weighted by atomic mass is 16.5. The molecule has 1 aliphatic rings. The Morgan fingerprint density at radius 2 is 2.25 bits per heavy atom. The van der Waals surface area contributed by atoms with Gasteiger partial charge < -0.3 is 10.1 Å². The Morgan fingerprint density at radius 1 is 1.45 bits per heavy atom. The third-order valence-electron chi connectivity index (χ3n) is 3.41. The van der Waals surface area contributed by atoms with E-state index in [2.05, 4.69) is 10.4 Å². The smallest absolute Gasteiger partial charge is 0.267 e. The summed E-state index contributed by atoms with van der Waals surface area (Å²) in [6, 6.07) is 1.62. The zero-order valence-electron chi connectivity index (χ0n) is 11.9. The van der Waals surface area contributed by atoms with E-state index in [0.29, 0.717) is 13.2 Å². The highest BCUT2D eigenvalue weighted by Gasteiger charge is 2.14. The first-order valence-electron chi connectivity index (χ1n) is 7.06. The lowest BCUT2D eigenvalue weighted by atomic mass is 9.97. The van der Waals surface area contributed by atoms with Crippen LogP contribution >= 0.6 is 0 Å². The Kier molecular flexibility index (Phi) is 5.29. The summed E-state index contributed by atoms with van der Waals surface area (Å²) in [5.41, 5.74) is 1.80. The van der Waals surface area contributed by atoms with Gasteiger partial charge >= 0.3 is 0 Å². The Labute approximate surface area is 118 Å². The number of aryl methyl sites for hydroxylation is 2. The molecule has 0 spiro atoms. The van der Waals surface area contributed by atoms with Gasteiger partial charge in [0, 0.05) is 26.3 Å². The van der Waals surface area contributed by atoms with Gasteiger partial charge in [-0.15, -0.1) is 0 Å². The van der Waals surface area contributed by atoms with Crippen LogP contribution in [0.25, 0.3) is 0 Å². The lowest BCUT2D eigenvalue weighted by molar-refractivity contribution is -0.121. The third-order valence-corrected chi connectivity index (χ3v) is 3.41. The molecule has 0 saturated carbocycles. The summed E-state index contributed by atoms with van der Waals surface area (Å²) in [4.78, 5) is 23.6. The fraction of sp³-hybridized carbons (Fsp3) is 0.643. The van der Waals surface area contributed by atoms with E-state index in [0.717, 1.165) is 43.4 Å². The summed E-state index contributed by atoms with van der Waals surface area (Å²) in [6.45, 7) is 1.14. The summed E-state index contributed by atoms with van der Waals surface area (Å²) >= 11 is 0. The molecule has 6 nitrogen and oxygen atoms in total. The molecule has 6 heteroatoms. The summed E-state index contributed by atoms with van der Waals surface area (Å²) < 4.78 is 6.16. The van der Waals surface area contributed by atoms with Gasteiger partial charge in [0.05, 0.1) is 5.69 Å². The van der Waals surface area contributed by atoms with Gasteiger partial charge in [0.1, 0.15) is 6.54 Å². The average Bonchev–Trinajstić information content (AvgIpc) is 2.44. The van der Waals surface area contributed by atoms with Crippen molar-refractivity contribution in [2.75, 3.05) is 20.3 Å². The van der Waals surface area contributed by atoms with Gasteiger partial charge in [0.25, 0.3) is 5.56 Å². The maximum atomic E-state index is 11.9. The van der Waals surface area contributed by atoms with Crippen LogP contribution in [-0.2, 0) is 28.9 Å². The van der Waals surface area contributed by atoms with Gasteiger partial charge in [-0.25, -0.2) is 4.68 Å². The van der Waals surface area contributed by atoms with Crippen LogP contribution in [-0.4, -0.2) is 35.9 Å². The maximum absolute atomic E-state index is 11.9. The molecule has 1 heterocycles. The summed E-state index contributed by atoms with van der Waals surface area (Å²) in [5.74, 6) is -0.188. The van der Waals surface area contributed by atoms with E-state index in [1.807, 2.05) is 0 Å². The van der Waals surface area contributed by atoms with Crippen LogP contribution in [0.15, 0.2) is 10.9 Å². The molecule has 20 heavy (non-hydrogen) atoms. The SMILES string of the molecule is COCCCNC(=O)Cn1nc2c(cc1=O)CCCC2. The first kappa shape index (κ1) is 14.7. The molecule has 1 aromatic heterocycles. The number of aromatic nitrogens is 2.